The fourth-order valence-electron chi connectivity index (χ4n) is 6.49. The molecule has 180 valence electrons. The third-order valence-corrected chi connectivity index (χ3v) is 8.37. The van der Waals surface area contributed by atoms with Crippen LogP contribution in [0.3, 0.4) is 0 Å². The highest BCUT2D eigenvalue weighted by molar-refractivity contribution is 6.17. The van der Waals surface area contributed by atoms with Gasteiger partial charge in [0.25, 0.3) is 0 Å². The SMILES string of the molecule is c1ccc2c(c1)ccc1cc3cc(-c4ccc5c(c4)-c4cccc6c4c(cc4ccccc46)O5)ccc3cc12. The Labute approximate surface area is 225 Å². The number of fused-ring (bicyclic) bond motifs is 8. The van der Waals surface area contributed by atoms with Crippen LogP contribution in [0.4, 0.5) is 0 Å². The first-order valence-corrected chi connectivity index (χ1v) is 13.4. The summed E-state index contributed by atoms with van der Waals surface area (Å²) in [6, 6.07) is 48.5. The molecular weight excluding hydrogens is 472 g/mol. The van der Waals surface area contributed by atoms with Crippen LogP contribution in [0.5, 0.6) is 11.5 Å². The fourth-order valence-corrected chi connectivity index (χ4v) is 6.49. The van der Waals surface area contributed by atoms with Gasteiger partial charge in [0.15, 0.2) is 0 Å². The van der Waals surface area contributed by atoms with Crippen LogP contribution in [0.25, 0.3) is 76.1 Å². The number of hydrogen-bond acceptors (Lipinski definition) is 1. The summed E-state index contributed by atoms with van der Waals surface area (Å²) in [4.78, 5) is 0. The van der Waals surface area contributed by atoms with Crippen LogP contribution in [0.1, 0.15) is 0 Å². The molecule has 0 saturated heterocycles. The van der Waals surface area contributed by atoms with Crippen LogP contribution in [0, 0.1) is 0 Å². The number of ether oxygens (including phenoxy) is 1. The van der Waals surface area contributed by atoms with E-state index in [9.17, 15) is 0 Å². The van der Waals surface area contributed by atoms with Crippen molar-refractivity contribution >= 4 is 53.9 Å². The summed E-state index contributed by atoms with van der Waals surface area (Å²) in [5, 5.41) is 12.6. The van der Waals surface area contributed by atoms with E-state index in [0.717, 1.165) is 17.1 Å². The van der Waals surface area contributed by atoms with Crippen LogP contribution >= 0.6 is 0 Å². The van der Waals surface area contributed by atoms with Crippen molar-refractivity contribution in [1.29, 1.82) is 0 Å². The maximum absolute atomic E-state index is 6.50. The predicted octanol–water partition coefficient (Wildman–Crippen LogP) is 10.9. The fraction of sp³-hybridized carbons (Fsp3) is 0. The van der Waals surface area contributed by atoms with Crippen molar-refractivity contribution < 1.29 is 4.74 Å². The predicted molar refractivity (Wildman–Crippen MR) is 165 cm³/mol. The summed E-state index contributed by atoms with van der Waals surface area (Å²) in [6.45, 7) is 0. The third kappa shape index (κ3) is 3.02. The minimum Gasteiger partial charge on any atom is -0.456 e. The molecule has 1 heteroatoms. The molecule has 0 fully saturated rings. The highest BCUT2D eigenvalue weighted by Gasteiger charge is 2.22. The molecule has 1 nitrogen and oxygen atoms in total. The Kier molecular flexibility index (Phi) is 4.11. The number of benzene rings is 8. The normalized spacial score (nSPS) is 12.3. The van der Waals surface area contributed by atoms with E-state index in [0.29, 0.717) is 0 Å². The quantitative estimate of drug-likeness (QED) is 0.163. The van der Waals surface area contributed by atoms with E-state index in [2.05, 4.69) is 133 Å². The molecule has 0 atom stereocenters. The van der Waals surface area contributed by atoms with Crippen molar-refractivity contribution in [3.8, 4) is 33.8 Å². The first-order chi connectivity index (χ1) is 19.3. The summed E-state index contributed by atoms with van der Waals surface area (Å²) < 4.78 is 6.50. The van der Waals surface area contributed by atoms with Crippen LogP contribution in [0.15, 0.2) is 133 Å². The van der Waals surface area contributed by atoms with Crippen molar-refractivity contribution in [2.24, 2.45) is 0 Å². The zero-order valence-electron chi connectivity index (χ0n) is 21.1. The Balaban J connectivity index is 1.22. The molecule has 0 amide bonds. The van der Waals surface area contributed by atoms with E-state index in [1.54, 1.807) is 0 Å². The molecule has 0 aliphatic carbocycles. The van der Waals surface area contributed by atoms with E-state index >= 15 is 0 Å². The van der Waals surface area contributed by atoms with Crippen LogP contribution in [-0.4, -0.2) is 0 Å². The van der Waals surface area contributed by atoms with Gasteiger partial charge >= 0.3 is 0 Å². The largest absolute Gasteiger partial charge is 0.456 e. The van der Waals surface area contributed by atoms with E-state index in [1.807, 2.05) is 0 Å². The molecule has 1 aliphatic rings. The third-order valence-electron chi connectivity index (χ3n) is 8.37. The molecule has 0 aromatic heterocycles. The van der Waals surface area contributed by atoms with Crippen LogP contribution < -0.4 is 4.74 Å². The Morgan fingerprint density at radius 1 is 0.333 bits per heavy atom. The lowest BCUT2D eigenvalue weighted by Crippen LogP contribution is -1.98. The zero-order chi connectivity index (χ0) is 25.5. The first kappa shape index (κ1) is 20.9. The van der Waals surface area contributed by atoms with Crippen molar-refractivity contribution in [1.82, 2.24) is 0 Å². The molecular formula is C38H22O. The van der Waals surface area contributed by atoms with Gasteiger partial charge in [-0.2, -0.15) is 0 Å². The Morgan fingerprint density at radius 3 is 1.95 bits per heavy atom. The summed E-state index contributed by atoms with van der Waals surface area (Å²) in [5.41, 5.74) is 4.78. The molecule has 1 aliphatic heterocycles. The van der Waals surface area contributed by atoms with Gasteiger partial charge in [-0.1, -0.05) is 97.1 Å². The molecule has 9 rings (SSSR count). The second kappa shape index (κ2) is 7.69. The molecule has 8 aromatic carbocycles. The molecule has 0 spiro atoms. The molecule has 0 saturated carbocycles. The smallest absolute Gasteiger partial charge is 0.136 e. The molecule has 39 heavy (non-hydrogen) atoms. The Morgan fingerprint density at radius 2 is 1.03 bits per heavy atom. The van der Waals surface area contributed by atoms with Gasteiger partial charge in [0.05, 0.1) is 0 Å². The summed E-state index contributed by atoms with van der Waals surface area (Å²) in [6.07, 6.45) is 0. The number of hydrogen-bond donors (Lipinski definition) is 0. The second-order valence-electron chi connectivity index (χ2n) is 10.6. The van der Waals surface area contributed by atoms with Crippen molar-refractivity contribution in [3.63, 3.8) is 0 Å². The van der Waals surface area contributed by atoms with Crippen LogP contribution in [-0.2, 0) is 0 Å². The Bertz CT molecular complexity index is 2310. The van der Waals surface area contributed by atoms with E-state index in [4.69, 9.17) is 4.74 Å². The molecule has 1 heterocycles. The maximum Gasteiger partial charge on any atom is 0.136 e. The lowest BCUT2D eigenvalue weighted by Gasteiger charge is -2.23. The van der Waals surface area contributed by atoms with Crippen molar-refractivity contribution in [3.05, 3.63) is 133 Å². The van der Waals surface area contributed by atoms with Gasteiger partial charge in [0, 0.05) is 10.9 Å². The van der Waals surface area contributed by atoms with E-state index in [-0.39, 0.29) is 0 Å². The van der Waals surface area contributed by atoms with Gasteiger partial charge in [0.2, 0.25) is 0 Å². The molecule has 0 N–H and O–H groups in total. The van der Waals surface area contributed by atoms with Gasteiger partial charge in [-0.25, -0.2) is 0 Å². The van der Waals surface area contributed by atoms with Gasteiger partial charge in [0.1, 0.15) is 11.5 Å². The first-order valence-electron chi connectivity index (χ1n) is 13.4. The average Bonchev–Trinajstić information content (AvgIpc) is 3.00. The highest BCUT2D eigenvalue weighted by Crippen LogP contribution is 2.49. The topological polar surface area (TPSA) is 9.23 Å². The minimum absolute atomic E-state index is 0.910. The monoisotopic (exact) mass is 494 g/mol. The zero-order valence-corrected chi connectivity index (χ0v) is 21.1. The molecule has 0 bridgehead atoms. The van der Waals surface area contributed by atoms with Gasteiger partial charge in [-0.05, 0) is 102 Å². The lowest BCUT2D eigenvalue weighted by atomic mass is 9.90. The van der Waals surface area contributed by atoms with Crippen molar-refractivity contribution in [2.75, 3.05) is 0 Å². The standard InChI is InChI=1S/C38H22O/c1-3-8-30-23(6-1)12-15-28-19-29-18-24(13-14-26(29)20-34(28)30)25-16-17-36-35(21-25)33-11-5-10-32-31-9-4-2-7-27(31)22-37(39-36)38(32)33/h1-22H. The minimum atomic E-state index is 0.910. The van der Waals surface area contributed by atoms with E-state index in [1.165, 1.54) is 70.6 Å². The van der Waals surface area contributed by atoms with Crippen LogP contribution in [0.2, 0.25) is 0 Å². The lowest BCUT2D eigenvalue weighted by molar-refractivity contribution is 0.488. The van der Waals surface area contributed by atoms with E-state index < -0.39 is 0 Å². The number of rotatable bonds is 1. The van der Waals surface area contributed by atoms with Crippen molar-refractivity contribution in [2.45, 2.75) is 0 Å². The van der Waals surface area contributed by atoms with Gasteiger partial charge in [-0.3, -0.25) is 0 Å². The summed E-state index contributed by atoms with van der Waals surface area (Å²) in [5.74, 6) is 1.84. The molecule has 8 aromatic rings. The highest BCUT2D eigenvalue weighted by atomic mass is 16.5. The summed E-state index contributed by atoms with van der Waals surface area (Å²) in [7, 11) is 0. The molecule has 0 radical (unpaired) electrons. The van der Waals surface area contributed by atoms with Gasteiger partial charge in [-0.15, -0.1) is 0 Å². The Hall–Kier alpha value is -5.14. The molecule has 0 unspecified atom stereocenters. The summed E-state index contributed by atoms with van der Waals surface area (Å²) >= 11 is 0. The average molecular weight is 495 g/mol. The maximum atomic E-state index is 6.50. The van der Waals surface area contributed by atoms with Gasteiger partial charge < -0.3 is 4.74 Å². The second-order valence-corrected chi connectivity index (χ2v) is 10.6.